The van der Waals surface area contributed by atoms with Crippen LogP contribution in [0.1, 0.15) is 39.7 Å². The van der Waals surface area contributed by atoms with Gasteiger partial charge < -0.3 is 4.74 Å². The van der Waals surface area contributed by atoms with Gasteiger partial charge in [-0.1, -0.05) is 51.1 Å². The van der Waals surface area contributed by atoms with Crippen molar-refractivity contribution in [3.63, 3.8) is 0 Å². The molecule has 3 nitrogen and oxygen atoms in total. The third kappa shape index (κ3) is 3.35. The third-order valence-electron chi connectivity index (χ3n) is 3.35. The van der Waals surface area contributed by atoms with Crippen LogP contribution in [-0.2, 0) is 15.1 Å². The smallest absolute Gasteiger partial charge is 0.331 e. The van der Waals surface area contributed by atoms with Gasteiger partial charge in [-0.2, -0.15) is 0 Å². The summed E-state index contributed by atoms with van der Waals surface area (Å²) in [5.41, 5.74) is 0.213. The van der Waals surface area contributed by atoms with Crippen LogP contribution in [0.5, 0.6) is 0 Å². The van der Waals surface area contributed by atoms with Crippen molar-refractivity contribution in [2.24, 2.45) is 5.92 Å². The molecule has 0 aliphatic carbocycles. The van der Waals surface area contributed by atoms with E-state index < -0.39 is 5.54 Å². The fourth-order valence-corrected chi connectivity index (χ4v) is 2.33. The number of nitrogens with one attached hydrogen (secondary N) is 1. The van der Waals surface area contributed by atoms with E-state index in [-0.39, 0.29) is 11.9 Å². The minimum Gasteiger partial charge on any atom is -0.464 e. The fourth-order valence-electron chi connectivity index (χ4n) is 2.33. The zero-order valence-electron chi connectivity index (χ0n) is 12.4. The van der Waals surface area contributed by atoms with Crippen LogP contribution in [-0.4, -0.2) is 19.1 Å². The van der Waals surface area contributed by atoms with Crippen molar-refractivity contribution in [3.8, 4) is 0 Å². The molecule has 1 atom stereocenters. The van der Waals surface area contributed by atoms with Crippen LogP contribution in [0.3, 0.4) is 0 Å². The van der Waals surface area contributed by atoms with Crippen molar-refractivity contribution < 1.29 is 9.53 Å². The summed E-state index contributed by atoms with van der Waals surface area (Å²) >= 11 is 0. The summed E-state index contributed by atoms with van der Waals surface area (Å²) in [4.78, 5) is 12.5. The average molecular weight is 263 g/mol. The van der Waals surface area contributed by atoms with Gasteiger partial charge >= 0.3 is 5.97 Å². The van der Waals surface area contributed by atoms with Crippen molar-refractivity contribution in [1.29, 1.82) is 0 Å². The first-order valence-electron chi connectivity index (χ1n) is 7.07. The molecule has 3 heteroatoms. The Bertz CT molecular complexity index is 389. The van der Waals surface area contributed by atoms with E-state index in [2.05, 4.69) is 12.2 Å². The van der Waals surface area contributed by atoms with Gasteiger partial charge in [-0.3, -0.25) is 5.32 Å². The highest BCUT2D eigenvalue weighted by molar-refractivity contribution is 5.83. The lowest BCUT2D eigenvalue weighted by atomic mass is 9.79. The molecule has 1 N–H and O–H groups in total. The van der Waals surface area contributed by atoms with E-state index in [0.29, 0.717) is 6.61 Å². The average Bonchev–Trinajstić information content (AvgIpc) is 2.41. The zero-order chi connectivity index (χ0) is 14.3. The van der Waals surface area contributed by atoms with Crippen molar-refractivity contribution in [2.75, 3.05) is 13.2 Å². The second-order valence-electron chi connectivity index (χ2n) is 4.98. The quantitative estimate of drug-likeness (QED) is 0.768. The maximum absolute atomic E-state index is 12.5. The third-order valence-corrected chi connectivity index (χ3v) is 3.35. The number of ether oxygens (including phenoxy) is 1. The van der Waals surface area contributed by atoms with E-state index in [9.17, 15) is 4.79 Å². The molecule has 0 saturated carbocycles. The molecule has 106 valence electrons. The first-order valence-corrected chi connectivity index (χ1v) is 7.07. The molecule has 1 rings (SSSR count). The van der Waals surface area contributed by atoms with Gasteiger partial charge in [0.2, 0.25) is 0 Å². The van der Waals surface area contributed by atoms with Gasteiger partial charge in [0.15, 0.2) is 0 Å². The van der Waals surface area contributed by atoms with Crippen LogP contribution in [0.2, 0.25) is 0 Å². The molecule has 1 aromatic rings. The van der Waals surface area contributed by atoms with Crippen molar-refractivity contribution in [3.05, 3.63) is 35.9 Å². The van der Waals surface area contributed by atoms with E-state index >= 15 is 0 Å². The molecular weight excluding hydrogens is 238 g/mol. The molecule has 19 heavy (non-hydrogen) atoms. The monoisotopic (exact) mass is 263 g/mol. The van der Waals surface area contributed by atoms with Gasteiger partial charge in [-0.25, -0.2) is 4.79 Å². The Hall–Kier alpha value is -1.35. The Morgan fingerprint density at radius 2 is 1.89 bits per heavy atom. The van der Waals surface area contributed by atoms with Crippen LogP contribution in [0.25, 0.3) is 0 Å². The van der Waals surface area contributed by atoms with Gasteiger partial charge in [0.25, 0.3) is 0 Å². The number of esters is 1. The van der Waals surface area contributed by atoms with Gasteiger partial charge in [-0.05, 0) is 31.4 Å². The summed E-state index contributed by atoms with van der Waals surface area (Å²) in [6.45, 7) is 9.21. The molecule has 0 radical (unpaired) electrons. The topological polar surface area (TPSA) is 38.3 Å². The molecule has 0 aromatic heterocycles. The highest BCUT2D eigenvalue weighted by Crippen LogP contribution is 2.31. The molecule has 1 unspecified atom stereocenters. The summed E-state index contributed by atoms with van der Waals surface area (Å²) in [6, 6.07) is 9.84. The number of hydrogen-bond donors (Lipinski definition) is 1. The Labute approximate surface area is 116 Å². The highest BCUT2D eigenvalue weighted by Gasteiger charge is 2.44. The normalized spacial score (nSPS) is 14.2. The van der Waals surface area contributed by atoms with Crippen molar-refractivity contribution in [2.45, 2.75) is 39.7 Å². The molecule has 0 aliphatic heterocycles. The minimum atomic E-state index is -0.757. The summed E-state index contributed by atoms with van der Waals surface area (Å²) < 4.78 is 5.32. The molecule has 0 aliphatic rings. The van der Waals surface area contributed by atoms with E-state index in [4.69, 9.17) is 4.74 Å². The van der Waals surface area contributed by atoms with Crippen LogP contribution in [0, 0.1) is 5.92 Å². The van der Waals surface area contributed by atoms with Crippen LogP contribution in [0.15, 0.2) is 30.3 Å². The fraction of sp³-hybridized carbons (Fsp3) is 0.562. The Morgan fingerprint density at radius 3 is 2.37 bits per heavy atom. The van der Waals surface area contributed by atoms with Gasteiger partial charge in [0.05, 0.1) is 6.61 Å². The lowest BCUT2D eigenvalue weighted by Crippen LogP contribution is -2.54. The molecular formula is C16H25NO2. The lowest BCUT2D eigenvalue weighted by Gasteiger charge is -2.36. The lowest BCUT2D eigenvalue weighted by molar-refractivity contribution is -0.154. The van der Waals surface area contributed by atoms with Gasteiger partial charge in [0, 0.05) is 0 Å². The number of hydrogen-bond acceptors (Lipinski definition) is 3. The van der Waals surface area contributed by atoms with Crippen LogP contribution >= 0.6 is 0 Å². The van der Waals surface area contributed by atoms with E-state index in [0.717, 1.165) is 18.5 Å². The Morgan fingerprint density at radius 1 is 1.26 bits per heavy atom. The van der Waals surface area contributed by atoms with E-state index in [1.807, 2.05) is 51.1 Å². The SMILES string of the molecule is CCCNC(C(=O)OCC)(c1ccccc1)C(C)C. The predicted octanol–water partition coefficient (Wildman–Crippen LogP) is 3.10. The minimum absolute atomic E-state index is 0.112. The molecule has 0 heterocycles. The largest absolute Gasteiger partial charge is 0.464 e. The zero-order valence-corrected chi connectivity index (χ0v) is 12.4. The van der Waals surface area contributed by atoms with E-state index in [1.54, 1.807) is 0 Å². The summed E-state index contributed by atoms with van der Waals surface area (Å²) in [5.74, 6) is -0.0786. The maximum atomic E-state index is 12.5. The van der Waals surface area contributed by atoms with Gasteiger partial charge in [-0.15, -0.1) is 0 Å². The second-order valence-corrected chi connectivity index (χ2v) is 4.98. The molecule has 0 bridgehead atoms. The van der Waals surface area contributed by atoms with Crippen LogP contribution < -0.4 is 5.32 Å². The molecule has 0 saturated heterocycles. The Kier molecular flexibility index (Phi) is 6.03. The first-order chi connectivity index (χ1) is 9.09. The summed E-state index contributed by atoms with van der Waals surface area (Å²) in [6.07, 6.45) is 0.973. The number of benzene rings is 1. The molecule has 0 amide bonds. The first kappa shape index (κ1) is 15.7. The number of rotatable bonds is 7. The predicted molar refractivity (Wildman–Crippen MR) is 77.9 cm³/mol. The summed E-state index contributed by atoms with van der Waals surface area (Å²) in [7, 11) is 0. The summed E-state index contributed by atoms with van der Waals surface area (Å²) in [5, 5.41) is 3.41. The highest BCUT2D eigenvalue weighted by atomic mass is 16.5. The van der Waals surface area contributed by atoms with Crippen LogP contribution in [0.4, 0.5) is 0 Å². The maximum Gasteiger partial charge on any atom is 0.331 e. The van der Waals surface area contributed by atoms with Crippen molar-refractivity contribution in [1.82, 2.24) is 5.32 Å². The molecule has 0 spiro atoms. The van der Waals surface area contributed by atoms with Gasteiger partial charge in [0.1, 0.15) is 5.54 Å². The number of carbonyl (C=O) groups is 1. The molecule has 0 fully saturated rings. The molecule has 1 aromatic carbocycles. The van der Waals surface area contributed by atoms with Crippen molar-refractivity contribution >= 4 is 5.97 Å². The Balaban J connectivity index is 3.23. The standard InChI is InChI=1S/C16H25NO2/c1-5-12-17-16(13(3)4,15(18)19-6-2)14-10-8-7-9-11-14/h7-11,13,17H,5-6,12H2,1-4H3. The number of carbonyl (C=O) groups excluding carboxylic acids is 1. The second kappa shape index (κ2) is 7.29. The van der Waals surface area contributed by atoms with E-state index in [1.165, 1.54) is 0 Å².